The summed E-state index contributed by atoms with van der Waals surface area (Å²) in [5.74, 6) is -0.445. The number of nitrogens with one attached hydrogen (secondary N) is 1. The first-order valence-electron chi connectivity index (χ1n) is 7.43. The van der Waals surface area contributed by atoms with Gasteiger partial charge in [-0.25, -0.2) is 9.24 Å². The van der Waals surface area contributed by atoms with E-state index in [9.17, 15) is 4.39 Å². The largest absolute Gasteiger partial charge is 0.372 e. The number of halogens is 1. The molecule has 2 aliphatic rings. The first-order chi connectivity index (χ1) is 10.2. The quantitative estimate of drug-likeness (QED) is 0.805. The highest BCUT2D eigenvalue weighted by molar-refractivity contribution is 5.56. The van der Waals surface area contributed by atoms with Crippen molar-refractivity contribution in [3.63, 3.8) is 0 Å². The molecule has 21 heavy (non-hydrogen) atoms. The van der Waals surface area contributed by atoms with Crippen LogP contribution in [0.15, 0.2) is 12.1 Å². The summed E-state index contributed by atoms with van der Waals surface area (Å²) in [5, 5.41) is 3.42. The molecule has 0 amide bonds. The normalized spacial score (nSPS) is 26.7. The Balaban J connectivity index is 1.88. The molecule has 0 saturated carbocycles. The fourth-order valence-corrected chi connectivity index (χ4v) is 3.30. The maximum Gasteiger partial charge on any atom is 0.225 e. The van der Waals surface area contributed by atoms with Crippen LogP contribution in [0.2, 0.25) is 0 Å². The Labute approximate surface area is 124 Å². The highest BCUT2D eigenvalue weighted by Crippen LogP contribution is 2.33. The molecule has 1 N–H and O–H groups in total. The number of fused-ring (bicyclic) bond motifs is 1. The Kier molecular flexibility index (Phi) is 4.20. The molecule has 1 aromatic rings. The lowest BCUT2D eigenvalue weighted by molar-refractivity contribution is 0.0511. The van der Waals surface area contributed by atoms with Crippen molar-refractivity contribution in [2.75, 3.05) is 32.8 Å². The zero-order valence-corrected chi connectivity index (χ0v) is 12.2. The van der Waals surface area contributed by atoms with E-state index in [0.29, 0.717) is 18.2 Å². The van der Waals surface area contributed by atoms with Crippen LogP contribution >= 0.6 is 0 Å². The van der Waals surface area contributed by atoms with Crippen LogP contribution in [0.3, 0.4) is 0 Å². The molecule has 0 radical (unpaired) electrons. The lowest BCUT2D eigenvalue weighted by atomic mass is 10.0. The monoisotopic (exact) mass is 289 g/mol. The van der Waals surface area contributed by atoms with Crippen molar-refractivity contribution in [1.29, 1.82) is 0 Å². The van der Waals surface area contributed by atoms with Crippen molar-refractivity contribution >= 4 is 5.69 Å². The van der Waals surface area contributed by atoms with Gasteiger partial charge in [-0.1, -0.05) is 6.07 Å². The second kappa shape index (κ2) is 6.10. The minimum absolute atomic E-state index is 0.0748. The lowest BCUT2D eigenvalue weighted by Crippen LogP contribution is -2.51. The standard InChI is InChI=1S/C16H20FN3O/c1-11-13(3-4-14(17)16(11)18-2)15-10-20-7-6-19-9-12(20)5-8-21-15/h3-4,12,15,19H,5-10H2,1H3/t12-,15+/m0/s1. The Morgan fingerprint density at radius 1 is 1.48 bits per heavy atom. The Morgan fingerprint density at radius 3 is 3.14 bits per heavy atom. The maximum atomic E-state index is 13.7. The summed E-state index contributed by atoms with van der Waals surface area (Å²) in [6.45, 7) is 13.5. The maximum absolute atomic E-state index is 13.7. The molecule has 0 unspecified atom stereocenters. The molecule has 2 aliphatic heterocycles. The molecule has 2 atom stereocenters. The van der Waals surface area contributed by atoms with Crippen molar-refractivity contribution in [1.82, 2.24) is 10.2 Å². The van der Waals surface area contributed by atoms with Gasteiger partial charge < -0.3 is 10.1 Å². The Morgan fingerprint density at radius 2 is 2.33 bits per heavy atom. The summed E-state index contributed by atoms with van der Waals surface area (Å²) in [6.07, 6.45) is 0.938. The zero-order chi connectivity index (χ0) is 14.8. The van der Waals surface area contributed by atoms with Gasteiger partial charge in [0.15, 0.2) is 0 Å². The number of benzene rings is 1. The van der Waals surface area contributed by atoms with Crippen molar-refractivity contribution in [2.24, 2.45) is 0 Å². The van der Waals surface area contributed by atoms with Gasteiger partial charge in [0.05, 0.1) is 12.7 Å². The minimum atomic E-state index is -0.445. The van der Waals surface area contributed by atoms with Crippen LogP contribution in [0.25, 0.3) is 4.85 Å². The molecule has 3 rings (SSSR count). The number of hydrogen-bond acceptors (Lipinski definition) is 3. The summed E-state index contributed by atoms with van der Waals surface area (Å²) < 4.78 is 19.7. The number of hydrogen-bond donors (Lipinski definition) is 1. The van der Waals surface area contributed by atoms with E-state index in [-0.39, 0.29) is 11.8 Å². The van der Waals surface area contributed by atoms with Crippen molar-refractivity contribution in [3.05, 3.63) is 40.5 Å². The SMILES string of the molecule is [C-]#[N+]c1c(F)ccc([C@H]2CN3CCNC[C@@H]3CCO2)c1C. The summed E-state index contributed by atoms with van der Waals surface area (Å²) in [4.78, 5) is 5.78. The van der Waals surface area contributed by atoms with E-state index in [4.69, 9.17) is 11.3 Å². The van der Waals surface area contributed by atoms with Crippen LogP contribution < -0.4 is 5.32 Å². The summed E-state index contributed by atoms with van der Waals surface area (Å²) in [7, 11) is 0. The first kappa shape index (κ1) is 14.5. The molecule has 2 saturated heterocycles. The third-order valence-corrected chi connectivity index (χ3v) is 4.52. The molecule has 2 heterocycles. The van der Waals surface area contributed by atoms with Gasteiger partial charge in [-0.3, -0.25) is 4.90 Å². The van der Waals surface area contributed by atoms with Crippen LogP contribution in [0.1, 0.15) is 23.7 Å². The number of rotatable bonds is 1. The Hall–Kier alpha value is -1.48. The highest BCUT2D eigenvalue weighted by atomic mass is 19.1. The molecule has 0 spiro atoms. The number of piperazine rings is 1. The highest BCUT2D eigenvalue weighted by Gasteiger charge is 2.30. The number of nitrogens with zero attached hydrogens (tertiary/aromatic N) is 2. The fraction of sp³-hybridized carbons (Fsp3) is 0.562. The van der Waals surface area contributed by atoms with Gasteiger partial charge in [0.2, 0.25) is 5.69 Å². The van der Waals surface area contributed by atoms with Gasteiger partial charge in [0.25, 0.3) is 0 Å². The van der Waals surface area contributed by atoms with Crippen molar-refractivity contribution in [2.45, 2.75) is 25.5 Å². The minimum Gasteiger partial charge on any atom is -0.372 e. The van der Waals surface area contributed by atoms with E-state index in [0.717, 1.165) is 38.2 Å². The third-order valence-electron chi connectivity index (χ3n) is 4.52. The zero-order valence-electron chi connectivity index (χ0n) is 12.2. The third kappa shape index (κ3) is 2.80. The fourth-order valence-electron chi connectivity index (χ4n) is 3.30. The van der Waals surface area contributed by atoms with E-state index in [2.05, 4.69) is 15.1 Å². The van der Waals surface area contributed by atoms with Gasteiger partial charge in [0.1, 0.15) is 5.82 Å². The van der Waals surface area contributed by atoms with Crippen molar-refractivity contribution < 1.29 is 9.13 Å². The second-order valence-electron chi connectivity index (χ2n) is 5.72. The van der Waals surface area contributed by atoms with E-state index < -0.39 is 5.82 Å². The van der Waals surface area contributed by atoms with E-state index in [1.807, 2.05) is 6.92 Å². The topological polar surface area (TPSA) is 28.9 Å². The van der Waals surface area contributed by atoms with Crippen LogP contribution in [-0.4, -0.2) is 43.7 Å². The Bertz CT molecular complexity index is 569. The smallest absolute Gasteiger partial charge is 0.225 e. The van der Waals surface area contributed by atoms with Crippen LogP contribution in [0.4, 0.5) is 10.1 Å². The molecule has 2 fully saturated rings. The number of ether oxygens (including phenoxy) is 1. The van der Waals surface area contributed by atoms with Gasteiger partial charge >= 0.3 is 0 Å². The molecule has 0 aliphatic carbocycles. The van der Waals surface area contributed by atoms with Gasteiger partial charge in [-0.15, -0.1) is 0 Å². The van der Waals surface area contributed by atoms with E-state index in [1.165, 1.54) is 6.07 Å². The van der Waals surface area contributed by atoms with Crippen LogP contribution in [-0.2, 0) is 4.74 Å². The molecule has 5 heteroatoms. The summed E-state index contributed by atoms with van der Waals surface area (Å²) in [5.41, 5.74) is 1.78. The van der Waals surface area contributed by atoms with Gasteiger partial charge in [-0.05, 0) is 30.5 Å². The molecule has 112 valence electrons. The molecule has 0 aromatic heterocycles. The molecule has 4 nitrogen and oxygen atoms in total. The lowest BCUT2D eigenvalue weighted by Gasteiger charge is -2.35. The molecular weight excluding hydrogens is 269 g/mol. The van der Waals surface area contributed by atoms with Crippen molar-refractivity contribution in [3.8, 4) is 0 Å². The summed E-state index contributed by atoms with van der Waals surface area (Å²) >= 11 is 0. The molecule has 1 aromatic carbocycles. The predicted octanol–water partition coefficient (Wildman–Crippen LogP) is 2.42. The van der Waals surface area contributed by atoms with E-state index >= 15 is 0 Å². The van der Waals surface area contributed by atoms with Crippen LogP contribution in [0, 0.1) is 19.3 Å². The summed E-state index contributed by atoms with van der Waals surface area (Å²) in [6, 6.07) is 3.68. The molecule has 0 bridgehead atoms. The average molecular weight is 289 g/mol. The van der Waals surface area contributed by atoms with Gasteiger partial charge in [-0.2, -0.15) is 0 Å². The van der Waals surface area contributed by atoms with Crippen LogP contribution in [0.5, 0.6) is 0 Å². The molecular formula is C16H20FN3O. The second-order valence-corrected chi connectivity index (χ2v) is 5.72. The first-order valence-corrected chi connectivity index (χ1v) is 7.43. The van der Waals surface area contributed by atoms with Gasteiger partial charge in [0, 0.05) is 38.8 Å². The average Bonchev–Trinajstić information content (AvgIpc) is 2.70. The predicted molar refractivity (Wildman–Crippen MR) is 78.9 cm³/mol. The van der Waals surface area contributed by atoms with E-state index in [1.54, 1.807) is 6.07 Å².